The minimum Gasteiger partial charge on any atom is -0.342 e. The second kappa shape index (κ2) is 8.53. The van der Waals surface area contributed by atoms with Gasteiger partial charge in [0.25, 0.3) is 0 Å². The van der Waals surface area contributed by atoms with E-state index in [0.29, 0.717) is 5.17 Å². The first-order valence-electron chi connectivity index (χ1n) is 9.09. The van der Waals surface area contributed by atoms with Crippen molar-refractivity contribution in [2.45, 2.75) is 33.9 Å². The molecule has 0 saturated heterocycles. The Morgan fingerprint density at radius 1 is 0.963 bits per heavy atom. The summed E-state index contributed by atoms with van der Waals surface area (Å²) in [5, 5.41) is 1.64. The Labute approximate surface area is 165 Å². The van der Waals surface area contributed by atoms with Crippen LogP contribution in [0.5, 0.6) is 0 Å². The molecule has 27 heavy (non-hydrogen) atoms. The van der Waals surface area contributed by atoms with Crippen LogP contribution >= 0.6 is 11.8 Å². The Morgan fingerprint density at radius 3 is 1.89 bits per heavy atom. The number of benzene rings is 2. The number of hydrogen-bond acceptors (Lipinski definition) is 4. The topological polar surface area (TPSA) is 45.0 Å². The fourth-order valence-corrected chi connectivity index (χ4v) is 3.23. The third kappa shape index (κ3) is 5.54. The molecular formula is C22H25N3OS. The summed E-state index contributed by atoms with van der Waals surface area (Å²) in [6.07, 6.45) is 0. The zero-order valence-electron chi connectivity index (χ0n) is 16.1. The summed E-state index contributed by atoms with van der Waals surface area (Å²) in [5.74, 6) is 0.129. The number of Topliss-reactive ketones (excluding diaryl/α,β-unsaturated/α-hetero) is 1. The Bertz CT molecular complexity index is 797. The molecule has 0 amide bonds. The largest absolute Gasteiger partial charge is 0.342 e. The molecule has 5 heteroatoms. The first-order chi connectivity index (χ1) is 12.9. The number of carbonyl (C=O) groups is 1. The van der Waals surface area contributed by atoms with Crippen LogP contribution in [-0.2, 0) is 17.9 Å². The van der Waals surface area contributed by atoms with Crippen LogP contribution in [0.15, 0.2) is 70.6 Å². The molecule has 0 radical (unpaired) electrons. The standard InChI is InChI=1S/C22H25N3OS/c1-22(2,3)19(26)14-23-20-24-21(27-20)25(15-17-10-6-4-7-11-17)16-18-12-8-5-9-13-18/h4-13H,14-16H2,1-3H3. The van der Waals surface area contributed by atoms with Gasteiger partial charge in [0.2, 0.25) is 0 Å². The van der Waals surface area contributed by atoms with E-state index in [1.807, 2.05) is 32.9 Å². The number of carbonyl (C=O) groups excluding carboxylic acids is 1. The molecule has 0 atom stereocenters. The normalized spacial score (nSPS) is 15.2. The third-order valence-corrected chi connectivity index (χ3v) is 5.21. The summed E-state index contributed by atoms with van der Waals surface area (Å²) >= 11 is 1.55. The van der Waals surface area contributed by atoms with Gasteiger partial charge in [0, 0.05) is 18.5 Å². The van der Waals surface area contributed by atoms with Crippen LogP contribution < -0.4 is 0 Å². The van der Waals surface area contributed by atoms with Crippen molar-refractivity contribution in [3.63, 3.8) is 0 Å². The highest BCUT2D eigenvalue weighted by Crippen LogP contribution is 2.26. The van der Waals surface area contributed by atoms with E-state index < -0.39 is 0 Å². The van der Waals surface area contributed by atoms with Crippen LogP contribution in [0.1, 0.15) is 31.9 Å². The number of aliphatic imine (C=N–C) groups is 2. The molecule has 0 spiro atoms. The molecule has 1 aliphatic heterocycles. The van der Waals surface area contributed by atoms with Crippen molar-refractivity contribution in [1.82, 2.24) is 4.90 Å². The average molecular weight is 380 g/mol. The van der Waals surface area contributed by atoms with E-state index in [1.165, 1.54) is 11.1 Å². The molecule has 2 aromatic rings. The first-order valence-corrected chi connectivity index (χ1v) is 9.90. The van der Waals surface area contributed by atoms with Crippen molar-refractivity contribution in [2.75, 3.05) is 6.54 Å². The lowest BCUT2D eigenvalue weighted by Gasteiger charge is -2.29. The number of amidine groups is 2. The summed E-state index contributed by atoms with van der Waals surface area (Å²) in [5.41, 5.74) is 2.12. The van der Waals surface area contributed by atoms with Crippen LogP contribution in [-0.4, -0.2) is 27.6 Å². The van der Waals surface area contributed by atoms with Crippen molar-refractivity contribution in [3.05, 3.63) is 71.8 Å². The van der Waals surface area contributed by atoms with Crippen molar-refractivity contribution in [2.24, 2.45) is 15.4 Å². The van der Waals surface area contributed by atoms with E-state index in [-0.39, 0.29) is 17.7 Å². The molecule has 0 saturated carbocycles. The summed E-state index contributed by atoms with van der Waals surface area (Å²) < 4.78 is 0. The molecule has 4 nitrogen and oxygen atoms in total. The Kier molecular flexibility index (Phi) is 6.11. The molecule has 3 rings (SSSR count). The van der Waals surface area contributed by atoms with Gasteiger partial charge in [-0.05, 0) is 22.9 Å². The highest BCUT2D eigenvalue weighted by Gasteiger charge is 2.26. The van der Waals surface area contributed by atoms with Gasteiger partial charge in [-0.2, -0.15) is 4.99 Å². The summed E-state index contributed by atoms with van der Waals surface area (Å²) in [6, 6.07) is 20.8. The van der Waals surface area contributed by atoms with Gasteiger partial charge in [-0.25, -0.2) is 0 Å². The lowest BCUT2D eigenvalue weighted by Crippen LogP contribution is -2.33. The van der Waals surface area contributed by atoms with Gasteiger partial charge in [-0.15, -0.1) is 0 Å². The zero-order chi connectivity index (χ0) is 19.3. The Balaban J connectivity index is 1.71. The SMILES string of the molecule is CC(C)(C)C(=O)CN=C1N=C(N(Cc2ccccc2)Cc2ccccc2)S1. The predicted octanol–water partition coefficient (Wildman–Crippen LogP) is 4.76. The van der Waals surface area contributed by atoms with E-state index in [9.17, 15) is 4.79 Å². The minimum atomic E-state index is -0.363. The monoisotopic (exact) mass is 379 g/mol. The maximum absolute atomic E-state index is 12.0. The fraction of sp³-hybridized carbons (Fsp3) is 0.318. The van der Waals surface area contributed by atoms with Crippen molar-refractivity contribution < 1.29 is 4.79 Å². The predicted molar refractivity (Wildman–Crippen MR) is 114 cm³/mol. The summed E-state index contributed by atoms with van der Waals surface area (Å²) in [4.78, 5) is 23.2. The highest BCUT2D eigenvalue weighted by molar-refractivity contribution is 8.28. The van der Waals surface area contributed by atoms with Gasteiger partial charge in [-0.1, -0.05) is 81.4 Å². The van der Waals surface area contributed by atoms with Gasteiger partial charge < -0.3 is 4.90 Å². The van der Waals surface area contributed by atoms with Crippen molar-refractivity contribution in [3.8, 4) is 0 Å². The van der Waals surface area contributed by atoms with Crippen LogP contribution in [0.3, 0.4) is 0 Å². The molecule has 0 aliphatic carbocycles. The molecule has 1 heterocycles. The molecule has 0 N–H and O–H groups in total. The fourth-order valence-electron chi connectivity index (χ4n) is 2.55. The van der Waals surface area contributed by atoms with Crippen LogP contribution in [0.25, 0.3) is 0 Å². The number of thioether (sulfide) groups is 1. The molecule has 2 aromatic carbocycles. The van der Waals surface area contributed by atoms with Crippen LogP contribution in [0.2, 0.25) is 0 Å². The van der Waals surface area contributed by atoms with Crippen molar-refractivity contribution >= 4 is 27.9 Å². The van der Waals surface area contributed by atoms with Crippen LogP contribution in [0.4, 0.5) is 0 Å². The van der Waals surface area contributed by atoms with Gasteiger partial charge in [0.15, 0.2) is 16.1 Å². The van der Waals surface area contributed by atoms with E-state index in [1.54, 1.807) is 11.8 Å². The second-order valence-corrected chi connectivity index (χ2v) is 8.53. The lowest BCUT2D eigenvalue weighted by atomic mass is 9.91. The smallest absolute Gasteiger partial charge is 0.193 e. The molecule has 0 unspecified atom stereocenters. The summed E-state index contributed by atoms with van der Waals surface area (Å²) in [6.45, 7) is 7.52. The molecule has 140 valence electrons. The van der Waals surface area contributed by atoms with E-state index in [2.05, 4.69) is 63.4 Å². The highest BCUT2D eigenvalue weighted by atomic mass is 32.2. The summed E-state index contributed by atoms with van der Waals surface area (Å²) in [7, 11) is 0. The van der Waals surface area contributed by atoms with E-state index in [0.717, 1.165) is 18.3 Å². The maximum Gasteiger partial charge on any atom is 0.193 e. The first kappa shape index (κ1) is 19.4. The minimum absolute atomic E-state index is 0.129. The third-order valence-electron chi connectivity index (χ3n) is 4.27. The number of ketones is 1. The molecule has 0 aromatic heterocycles. The Morgan fingerprint density at radius 2 is 1.44 bits per heavy atom. The molecule has 0 fully saturated rings. The molecule has 1 aliphatic rings. The lowest BCUT2D eigenvalue weighted by molar-refractivity contribution is -0.124. The van der Waals surface area contributed by atoms with Gasteiger partial charge in [-0.3, -0.25) is 9.79 Å². The molecular weight excluding hydrogens is 354 g/mol. The second-order valence-electron chi connectivity index (χ2n) is 7.60. The van der Waals surface area contributed by atoms with Crippen LogP contribution in [0, 0.1) is 5.41 Å². The van der Waals surface area contributed by atoms with Gasteiger partial charge in [0.1, 0.15) is 6.54 Å². The van der Waals surface area contributed by atoms with Gasteiger partial charge in [0.05, 0.1) is 0 Å². The Hall–Kier alpha value is -2.40. The number of nitrogens with zero attached hydrogens (tertiary/aromatic N) is 3. The molecule has 0 bridgehead atoms. The zero-order valence-corrected chi connectivity index (χ0v) is 16.9. The van der Waals surface area contributed by atoms with E-state index in [4.69, 9.17) is 0 Å². The van der Waals surface area contributed by atoms with Crippen molar-refractivity contribution in [1.29, 1.82) is 0 Å². The number of hydrogen-bond donors (Lipinski definition) is 0. The number of rotatable bonds is 6. The average Bonchev–Trinajstić information content (AvgIpc) is 2.61. The van der Waals surface area contributed by atoms with Gasteiger partial charge >= 0.3 is 0 Å². The maximum atomic E-state index is 12.0. The quantitative estimate of drug-likeness (QED) is 0.727. The van der Waals surface area contributed by atoms with E-state index >= 15 is 0 Å².